The van der Waals surface area contributed by atoms with Crippen LogP contribution in [0.15, 0.2) is 47.3 Å². The minimum atomic E-state index is -0.505. The van der Waals surface area contributed by atoms with Crippen molar-refractivity contribution >= 4 is 28.5 Å². The smallest absolute Gasteiger partial charge is 0.258 e. The number of ether oxygens (including phenoxy) is 1. The third-order valence-corrected chi connectivity index (χ3v) is 5.11. The van der Waals surface area contributed by atoms with Crippen LogP contribution in [-0.4, -0.2) is 32.5 Å². The number of rotatable bonds is 2. The molecule has 1 aliphatic heterocycles. The number of methoxy groups -OCH3 is 1. The van der Waals surface area contributed by atoms with Crippen LogP contribution in [0.4, 0.5) is 5.82 Å². The highest BCUT2D eigenvalue weighted by Crippen LogP contribution is 2.38. The highest BCUT2D eigenvalue weighted by Gasteiger charge is 2.32. The highest BCUT2D eigenvalue weighted by molar-refractivity contribution is 5.96. The fourth-order valence-corrected chi connectivity index (χ4v) is 3.86. The number of hydrogen-bond acceptors (Lipinski definition) is 5. The van der Waals surface area contributed by atoms with Crippen LogP contribution in [0.2, 0.25) is 0 Å². The van der Waals surface area contributed by atoms with Gasteiger partial charge in [0.25, 0.3) is 5.56 Å². The molecule has 28 heavy (non-hydrogen) atoms. The molecule has 5 rings (SSSR count). The van der Waals surface area contributed by atoms with E-state index in [1.165, 1.54) is 13.2 Å². The van der Waals surface area contributed by atoms with Gasteiger partial charge in [0.05, 0.1) is 23.7 Å². The predicted molar refractivity (Wildman–Crippen MR) is 103 cm³/mol. The van der Waals surface area contributed by atoms with Gasteiger partial charge in [0.2, 0.25) is 11.7 Å². The molecule has 3 heterocycles. The van der Waals surface area contributed by atoms with Gasteiger partial charge >= 0.3 is 0 Å². The molecule has 0 saturated heterocycles. The van der Waals surface area contributed by atoms with Crippen LogP contribution < -0.4 is 15.6 Å². The molecule has 0 spiro atoms. The van der Waals surface area contributed by atoms with E-state index >= 15 is 0 Å². The van der Waals surface area contributed by atoms with Crippen molar-refractivity contribution in [3.63, 3.8) is 0 Å². The summed E-state index contributed by atoms with van der Waals surface area (Å²) in [5.41, 5.74) is 2.26. The normalized spacial score (nSPS) is 16.2. The minimum Gasteiger partial charge on any atom is -0.504 e. The van der Waals surface area contributed by atoms with E-state index in [1.807, 2.05) is 24.3 Å². The molecule has 140 valence electrons. The van der Waals surface area contributed by atoms with Gasteiger partial charge in [-0.3, -0.25) is 19.0 Å². The van der Waals surface area contributed by atoms with Gasteiger partial charge in [0.15, 0.2) is 11.5 Å². The summed E-state index contributed by atoms with van der Waals surface area (Å²) in [6.45, 7) is 0. The van der Waals surface area contributed by atoms with Crippen molar-refractivity contribution in [1.82, 2.24) is 14.4 Å². The second-order valence-electron chi connectivity index (χ2n) is 6.71. The summed E-state index contributed by atoms with van der Waals surface area (Å²) in [6, 6.07) is 12.4. The molecule has 0 radical (unpaired) electrons. The quantitative estimate of drug-likeness (QED) is 0.498. The fourth-order valence-electron chi connectivity index (χ4n) is 3.86. The number of fused-ring (bicyclic) bond motifs is 5. The Morgan fingerprint density at radius 1 is 1.21 bits per heavy atom. The third kappa shape index (κ3) is 2.27. The number of aromatic amines is 1. The van der Waals surface area contributed by atoms with Gasteiger partial charge in [-0.05, 0) is 29.8 Å². The van der Waals surface area contributed by atoms with E-state index < -0.39 is 5.92 Å². The number of nitrogens with zero attached hydrogens (tertiary/aromatic N) is 2. The molecule has 2 aromatic carbocycles. The van der Waals surface area contributed by atoms with Crippen molar-refractivity contribution in [3.8, 4) is 11.5 Å². The first-order valence-corrected chi connectivity index (χ1v) is 8.77. The standard InChI is InChI=1S/C20H16N4O4/c1-28-15-7-6-10(8-14(15)25)11-9-16(26)22-18-17(11)19(27)23-20-21-12-4-2-3-5-13(12)24(18)20/h2-8,11,25H,9H2,1H3,(H,22,26)(H,21,23,27). The molecular formula is C20H16N4O4. The number of carbonyl (C=O) groups is 1. The number of H-pyrrole nitrogens is 1. The number of hydrogen-bond donors (Lipinski definition) is 3. The molecular weight excluding hydrogens is 360 g/mol. The monoisotopic (exact) mass is 376 g/mol. The van der Waals surface area contributed by atoms with E-state index in [0.717, 1.165) is 5.52 Å². The molecule has 0 bridgehead atoms. The maximum atomic E-state index is 12.9. The Labute approximate surface area is 158 Å². The highest BCUT2D eigenvalue weighted by atomic mass is 16.5. The van der Waals surface area contributed by atoms with E-state index in [4.69, 9.17) is 4.74 Å². The van der Waals surface area contributed by atoms with Crippen molar-refractivity contribution in [2.45, 2.75) is 12.3 Å². The summed E-state index contributed by atoms with van der Waals surface area (Å²) in [4.78, 5) is 32.7. The van der Waals surface area contributed by atoms with Crippen molar-refractivity contribution in [3.05, 3.63) is 63.9 Å². The molecule has 8 heteroatoms. The molecule has 1 amide bonds. The topological polar surface area (TPSA) is 109 Å². The van der Waals surface area contributed by atoms with Crippen molar-refractivity contribution in [1.29, 1.82) is 0 Å². The van der Waals surface area contributed by atoms with Crippen LogP contribution in [0.1, 0.15) is 23.5 Å². The lowest BCUT2D eigenvalue weighted by Gasteiger charge is -2.26. The van der Waals surface area contributed by atoms with Crippen LogP contribution >= 0.6 is 0 Å². The van der Waals surface area contributed by atoms with Gasteiger partial charge < -0.3 is 15.2 Å². The number of anilines is 1. The number of aromatic nitrogens is 3. The summed E-state index contributed by atoms with van der Waals surface area (Å²) in [6.07, 6.45) is 0.0972. The number of benzene rings is 2. The van der Waals surface area contributed by atoms with Gasteiger partial charge in [-0.2, -0.15) is 0 Å². The first-order valence-electron chi connectivity index (χ1n) is 8.77. The number of phenolic OH excluding ortho intramolecular Hbond substituents is 1. The molecule has 0 fully saturated rings. The van der Waals surface area contributed by atoms with Crippen LogP contribution in [0.3, 0.4) is 0 Å². The number of para-hydroxylation sites is 2. The average Bonchev–Trinajstić information content (AvgIpc) is 3.05. The number of amides is 1. The Balaban J connectivity index is 1.81. The first-order chi connectivity index (χ1) is 13.6. The van der Waals surface area contributed by atoms with E-state index in [1.54, 1.807) is 16.5 Å². The van der Waals surface area contributed by atoms with Gasteiger partial charge in [-0.15, -0.1) is 0 Å². The number of aromatic hydroxyl groups is 1. The van der Waals surface area contributed by atoms with E-state index in [-0.39, 0.29) is 23.6 Å². The number of phenols is 1. The zero-order valence-corrected chi connectivity index (χ0v) is 14.9. The maximum Gasteiger partial charge on any atom is 0.258 e. The summed E-state index contributed by atoms with van der Waals surface area (Å²) >= 11 is 0. The lowest BCUT2D eigenvalue weighted by Crippen LogP contribution is -2.32. The Hall–Kier alpha value is -3.81. The third-order valence-electron chi connectivity index (χ3n) is 5.11. The Morgan fingerprint density at radius 3 is 2.82 bits per heavy atom. The maximum absolute atomic E-state index is 12.9. The molecule has 0 aliphatic carbocycles. The molecule has 1 atom stereocenters. The van der Waals surface area contributed by atoms with Gasteiger partial charge in [0, 0.05) is 12.3 Å². The average molecular weight is 376 g/mol. The van der Waals surface area contributed by atoms with Crippen LogP contribution in [0, 0.1) is 0 Å². The molecule has 4 aromatic rings. The second kappa shape index (κ2) is 5.85. The largest absolute Gasteiger partial charge is 0.504 e. The van der Waals surface area contributed by atoms with Crippen molar-refractivity contribution < 1.29 is 14.6 Å². The van der Waals surface area contributed by atoms with E-state index in [9.17, 15) is 14.7 Å². The van der Waals surface area contributed by atoms with Gasteiger partial charge in [-0.1, -0.05) is 18.2 Å². The van der Waals surface area contributed by atoms with Crippen LogP contribution in [0.25, 0.3) is 16.8 Å². The van der Waals surface area contributed by atoms with E-state index in [0.29, 0.717) is 34.0 Å². The molecule has 1 aliphatic rings. The SMILES string of the molecule is COc1ccc(C2CC(=O)Nc3c2c(=O)[nH]c2nc4ccccc4n32)cc1O. The lowest BCUT2D eigenvalue weighted by molar-refractivity contribution is -0.116. The Kier molecular flexibility index (Phi) is 3.42. The lowest BCUT2D eigenvalue weighted by atomic mass is 9.86. The first kappa shape index (κ1) is 16.4. The summed E-state index contributed by atoms with van der Waals surface area (Å²) in [5.74, 6) is 0.340. The van der Waals surface area contributed by atoms with E-state index in [2.05, 4.69) is 15.3 Å². The zero-order chi connectivity index (χ0) is 19.4. The minimum absolute atomic E-state index is 0.0434. The fraction of sp³-hybridized carbons (Fsp3) is 0.150. The Morgan fingerprint density at radius 2 is 2.04 bits per heavy atom. The molecule has 1 unspecified atom stereocenters. The second-order valence-corrected chi connectivity index (χ2v) is 6.71. The molecule has 0 saturated carbocycles. The van der Waals surface area contributed by atoms with Gasteiger partial charge in [-0.25, -0.2) is 4.98 Å². The van der Waals surface area contributed by atoms with Crippen LogP contribution in [-0.2, 0) is 4.79 Å². The summed E-state index contributed by atoms with van der Waals surface area (Å²) in [7, 11) is 1.46. The molecule has 8 nitrogen and oxygen atoms in total. The Bertz CT molecular complexity index is 1320. The molecule has 2 aromatic heterocycles. The number of carbonyl (C=O) groups excluding carboxylic acids is 1. The van der Waals surface area contributed by atoms with Crippen molar-refractivity contribution in [2.24, 2.45) is 0 Å². The number of nitrogens with one attached hydrogen (secondary N) is 2. The summed E-state index contributed by atoms with van der Waals surface area (Å²) in [5, 5.41) is 13.0. The van der Waals surface area contributed by atoms with Crippen molar-refractivity contribution in [2.75, 3.05) is 12.4 Å². The number of imidazole rings is 1. The van der Waals surface area contributed by atoms with Gasteiger partial charge in [0.1, 0.15) is 5.82 Å². The summed E-state index contributed by atoms with van der Waals surface area (Å²) < 4.78 is 6.84. The zero-order valence-electron chi connectivity index (χ0n) is 14.9. The molecule has 3 N–H and O–H groups in total. The van der Waals surface area contributed by atoms with Crippen LogP contribution in [0.5, 0.6) is 11.5 Å². The predicted octanol–water partition coefficient (Wildman–Crippen LogP) is 2.36.